The van der Waals surface area contributed by atoms with Crippen molar-refractivity contribution in [3.05, 3.63) is 48.0 Å². The highest BCUT2D eigenvalue weighted by atomic mass is 127. The number of guanidine groups is 1. The standard InChI is InChI=1S/C24H35N5O.HI/c1-4-25-23(27-16-22-26-13-14-29(22)17-18(2)3)28-20-15-24(11-7-8-12-24)30-21-10-6-5-9-19(20)21;/h5-6,9-10,13-14,18,20H,4,7-8,11-12,15-17H2,1-3H3,(H2,25,27,28);1H. The van der Waals surface area contributed by atoms with Crippen molar-refractivity contribution in [1.29, 1.82) is 0 Å². The molecule has 2 heterocycles. The van der Waals surface area contributed by atoms with Gasteiger partial charge in [-0.3, -0.25) is 0 Å². The first-order valence-corrected chi connectivity index (χ1v) is 11.4. The minimum atomic E-state index is -0.0309. The van der Waals surface area contributed by atoms with Crippen LogP contribution in [0.5, 0.6) is 5.75 Å². The summed E-state index contributed by atoms with van der Waals surface area (Å²) >= 11 is 0. The maximum atomic E-state index is 6.51. The summed E-state index contributed by atoms with van der Waals surface area (Å²) < 4.78 is 8.71. The number of fused-ring (bicyclic) bond motifs is 1. The van der Waals surface area contributed by atoms with Gasteiger partial charge in [-0.2, -0.15) is 0 Å². The molecule has 0 saturated heterocycles. The first kappa shape index (κ1) is 23.9. The molecule has 1 aliphatic heterocycles. The third-order valence-corrected chi connectivity index (χ3v) is 6.11. The molecule has 4 rings (SSSR count). The van der Waals surface area contributed by atoms with E-state index >= 15 is 0 Å². The first-order chi connectivity index (χ1) is 14.6. The van der Waals surface area contributed by atoms with Crippen LogP contribution in [0.2, 0.25) is 0 Å². The van der Waals surface area contributed by atoms with Crippen molar-refractivity contribution in [2.75, 3.05) is 6.54 Å². The van der Waals surface area contributed by atoms with E-state index in [9.17, 15) is 0 Å². The lowest BCUT2D eigenvalue weighted by molar-refractivity contribution is 0.0396. The van der Waals surface area contributed by atoms with Crippen LogP contribution >= 0.6 is 24.0 Å². The predicted molar refractivity (Wildman–Crippen MR) is 136 cm³/mol. The molecule has 0 amide bonds. The molecule has 2 aromatic rings. The average Bonchev–Trinajstić information content (AvgIpc) is 3.35. The van der Waals surface area contributed by atoms with E-state index in [1.165, 1.54) is 18.4 Å². The summed E-state index contributed by atoms with van der Waals surface area (Å²) in [6, 6.07) is 8.64. The number of imidazole rings is 1. The maximum absolute atomic E-state index is 6.51. The van der Waals surface area contributed by atoms with E-state index in [1.807, 2.05) is 12.4 Å². The Balaban J connectivity index is 0.00000272. The largest absolute Gasteiger partial charge is 0.487 e. The Morgan fingerprint density at radius 3 is 2.81 bits per heavy atom. The monoisotopic (exact) mass is 537 g/mol. The van der Waals surface area contributed by atoms with Crippen LogP contribution in [0.1, 0.15) is 70.3 Å². The third-order valence-electron chi connectivity index (χ3n) is 6.11. The SMILES string of the molecule is CCNC(=NCc1nccn1CC(C)C)NC1CC2(CCCC2)Oc2ccccc21.I. The van der Waals surface area contributed by atoms with Gasteiger partial charge in [0.05, 0.1) is 6.04 Å². The normalized spacial score (nSPS) is 19.6. The molecule has 2 N–H and O–H groups in total. The van der Waals surface area contributed by atoms with Gasteiger partial charge in [-0.15, -0.1) is 24.0 Å². The molecule has 170 valence electrons. The zero-order valence-electron chi connectivity index (χ0n) is 18.9. The van der Waals surface area contributed by atoms with Crippen molar-refractivity contribution in [2.45, 2.75) is 77.6 Å². The molecule has 0 bridgehead atoms. The zero-order chi connectivity index (χ0) is 21.0. The van der Waals surface area contributed by atoms with Gasteiger partial charge < -0.3 is 19.9 Å². The van der Waals surface area contributed by atoms with Crippen LogP contribution < -0.4 is 15.4 Å². The lowest BCUT2D eigenvalue weighted by Gasteiger charge is -2.40. The smallest absolute Gasteiger partial charge is 0.192 e. The summed E-state index contributed by atoms with van der Waals surface area (Å²) in [7, 11) is 0. The fraction of sp³-hybridized carbons (Fsp3) is 0.583. The summed E-state index contributed by atoms with van der Waals surface area (Å²) in [5.74, 6) is 3.44. The van der Waals surface area contributed by atoms with Crippen LogP contribution in [0.4, 0.5) is 0 Å². The summed E-state index contributed by atoms with van der Waals surface area (Å²) in [4.78, 5) is 9.40. The van der Waals surface area contributed by atoms with Gasteiger partial charge in [-0.05, 0) is 44.6 Å². The van der Waals surface area contributed by atoms with E-state index in [0.29, 0.717) is 12.5 Å². The van der Waals surface area contributed by atoms with Gasteiger partial charge in [0.1, 0.15) is 23.7 Å². The molecule has 1 unspecified atom stereocenters. The van der Waals surface area contributed by atoms with E-state index in [1.54, 1.807) is 0 Å². The molecule has 1 atom stereocenters. The minimum absolute atomic E-state index is 0. The topological polar surface area (TPSA) is 63.5 Å². The van der Waals surface area contributed by atoms with E-state index < -0.39 is 0 Å². The number of hydrogen-bond donors (Lipinski definition) is 2. The first-order valence-electron chi connectivity index (χ1n) is 11.4. The van der Waals surface area contributed by atoms with E-state index in [2.05, 4.69) is 65.2 Å². The average molecular weight is 537 g/mol. The Morgan fingerprint density at radius 2 is 2.06 bits per heavy atom. The third kappa shape index (κ3) is 5.73. The van der Waals surface area contributed by atoms with E-state index in [0.717, 1.165) is 49.9 Å². The number of halogens is 1. The van der Waals surface area contributed by atoms with Crippen molar-refractivity contribution >= 4 is 29.9 Å². The van der Waals surface area contributed by atoms with Crippen molar-refractivity contribution in [1.82, 2.24) is 20.2 Å². The second-order valence-corrected chi connectivity index (χ2v) is 9.02. The van der Waals surface area contributed by atoms with Crippen LogP contribution in [0.15, 0.2) is 41.7 Å². The second-order valence-electron chi connectivity index (χ2n) is 9.02. The molecule has 0 radical (unpaired) electrons. The molecule has 2 aliphatic rings. The van der Waals surface area contributed by atoms with Gasteiger partial charge in [0.2, 0.25) is 0 Å². The maximum Gasteiger partial charge on any atom is 0.192 e. The lowest BCUT2D eigenvalue weighted by atomic mass is 9.86. The minimum Gasteiger partial charge on any atom is -0.487 e. The number of nitrogens with zero attached hydrogens (tertiary/aromatic N) is 3. The number of aliphatic imine (C=N–C) groups is 1. The summed E-state index contributed by atoms with van der Waals surface area (Å²) in [5, 5.41) is 7.13. The van der Waals surface area contributed by atoms with Crippen LogP contribution in [-0.2, 0) is 13.1 Å². The summed E-state index contributed by atoms with van der Waals surface area (Å²) in [6.45, 7) is 8.89. The van der Waals surface area contributed by atoms with Gasteiger partial charge in [-0.1, -0.05) is 32.0 Å². The van der Waals surface area contributed by atoms with Gasteiger partial charge in [0.25, 0.3) is 0 Å². The number of hydrogen-bond acceptors (Lipinski definition) is 3. The molecule has 7 heteroatoms. The Hall–Kier alpha value is -1.77. The summed E-state index contributed by atoms with van der Waals surface area (Å²) in [6.07, 6.45) is 9.68. The molecule has 1 fully saturated rings. The molecule has 1 aromatic carbocycles. The number of benzene rings is 1. The van der Waals surface area contributed by atoms with Gasteiger partial charge >= 0.3 is 0 Å². The molecule has 6 nitrogen and oxygen atoms in total. The van der Waals surface area contributed by atoms with Crippen molar-refractivity contribution in [3.63, 3.8) is 0 Å². The van der Waals surface area contributed by atoms with Crippen LogP contribution in [0.3, 0.4) is 0 Å². The Kier molecular flexibility index (Phi) is 8.24. The van der Waals surface area contributed by atoms with Crippen LogP contribution in [0, 0.1) is 5.92 Å². The fourth-order valence-corrected chi connectivity index (χ4v) is 4.76. The predicted octanol–water partition coefficient (Wildman–Crippen LogP) is 5.05. The van der Waals surface area contributed by atoms with E-state index in [-0.39, 0.29) is 35.6 Å². The van der Waals surface area contributed by atoms with E-state index in [4.69, 9.17) is 9.73 Å². The highest BCUT2D eigenvalue weighted by Gasteiger charge is 2.43. The molecule has 1 saturated carbocycles. The van der Waals surface area contributed by atoms with Gasteiger partial charge in [0, 0.05) is 37.5 Å². The number of aromatic nitrogens is 2. The van der Waals surface area contributed by atoms with Gasteiger partial charge in [0.15, 0.2) is 5.96 Å². The molecular weight excluding hydrogens is 501 g/mol. The Labute approximate surface area is 203 Å². The number of rotatable bonds is 6. The van der Waals surface area contributed by atoms with Crippen LogP contribution in [0.25, 0.3) is 0 Å². The number of para-hydroxylation sites is 1. The van der Waals surface area contributed by atoms with Crippen LogP contribution in [-0.4, -0.2) is 27.7 Å². The van der Waals surface area contributed by atoms with Crippen molar-refractivity contribution in [2.24, 2.45) is 10.9 Å². The Morgan fingerprint density at radius 1 is 1.29 bits per heavy atom. The highest BCUT2D eigenvalue weighted by Crippen LogP contribution is 2.46. The molecule has 1 aromatic heterocycles. The molecule has 31 heavy (non-hydrogen) atoms. The summed E-state index contributed by atoms with van der Waals surface area (Å²) in [5.41, 5.74) is 1.19. The fourth-order valence-electron chi connectivity index (χ4n) is 4.76. The number of nitrogens with one attached hydrogen (secondary N) is 2. The second kappa shape index (κ2) is 10.7. The molecular formula is C24H36IN5O. The van der Waals surface area contributed by atoms with Crippen molar-refractivity contribution < 1.29 is 4.74 Å². The molecule has 1 aliphatic carbocycles. The van der Waals surface area contributed by atoms with Crippen molar-refractivity contribution in [3.8, 4) is 5.75 Å². The highest BCUT2D eigenvalue weighted by molar-refractivity contribution is 14.0. The van der Waals surface area contributed by atoms with Gasteiger partial charge in [-0.25, -0.2) is 9.98 Å². The number of ether oxygens (including phenoxy) is 1. The lowest BCUT2D eigenvalue weighted by Crippen LogP contribution is -2.46. The Bertz CT molecular complexity index is 872. The zero-order valence-corrected chi connectivity index (χ0v) is 21.3. The molecule has 1 spiro atoms. The quantitative estimate of drug-likeness (QED) is 0.308.